The molecule has 3 aromatic rings. The van der Waals surface area contributed by atoms with Gasteiger partial charge in [-0.2, -0.15) is 0 Å². The molecule has 0 aliphatic carbocycles. The van der Waals surface area contributed by atoms with Gasteiger partial charge in [0.05, 0.1) is 25.2 Å². The average Bonchev–Trinajstić information content (AvgIpc) is 3.44. The number of hydrogen-bond donors (Lipinski definition) is 0. The minimum absolute atomic E-state index is 0.00281. The lowest BCUT2D eigenvalue weighted by molar-refractivity contribution is -0.123. The summed E-state index contributed by atoms with van der Waals surface area (Å²) in [5.74, 6) is 0.350. The van der Waals surface area contributed by atoms with Crippen LogP contribution in [0.25, 0.3) is 6.08 Å². The van der Waals surface area contributed by atoms with Gasteiger partial charge >= 0.3 is 5.97 Å². The van der Waals surface area contributed by atoms with Crippen LogP contribution in [0.15, 0.2) is 70.0 Å². The van der Waals surface area contributed by atoms with Crippen molar-refractivity contribution in [2.75, 3.05) is 13.7 Å². The van der Waals surface area contributed by atoms with Crippen LogP contribution in [0.2, 0.25) is 0 Å². The molecule has 35 heavy (non-hydrogen) atoms. The highest BCUT2D eigenvalue weighted by molar-refractivity contribution is 8.18. The van der Waals surface area contributed by atoms with Gasteiger partial charge in [0.2, 0.25) is 5.76 Å². The van der Waals surface area contributed by atoms with Gasteiger partial charge in [0.25, 0.3) is 11.1 Å². The van der Waals surface area contributed by atoms with Crippen molar-refractivity contribution in [2.45, 2.75) is 20.1 Å². The van der Waals surface area contributed by atoms with Gasteiger partial charge in [0, 0.05) is 0 Å². The monoisotopic (exact) mass is 493 g/mol. The van der Waals surface area contributed by atoms with Crippen molar-refractivity contribution < 1.29 is 33.0 Å². The van der Waals surface area contributed by atoms with Crippen molar-refractivity contribution in [1.29, 1.82) is 0 Å². The van der Waals surface area contributed by atoms with E-state index in [1.54, 1.807) is 24.3 Å². The number of esters is 1. The first-order valence-electron chi connectivity index (χ1n) is 10.8. The molecule has 2 heterocycles. The maximum atomic E-state index is 12.9. The Morgan fingerprint density at radius 2 is 1.83 bits per heavy atom. The van der Waals surface area contributed by atoms with Crippen LogP contribution >= 0.6 is 11.8 Å². The molecule has 1 fully saturated rings. The van der Waals surface area contributed by atoms with Crippen molar-refractivity contribution in [3.8, 4) is 11.5 Å². The summed E-state index contributed by atoms with van der Waals surface area (Å²) in [4.78, 5) is 38.3. The fourth-order valence-corrected chi connectivity index (χ4v) is 4.19. The summed E-state index contributed by atoms with van der Waals surface area (Å²) in [6, 6.07) is 18.1. The quantitative estimate of drug-likeness (QED) is 0.293. The topological polar surface area (TPSA) is 95.3 Å². The zero-order chi connectivity index (χ0) is 24.8. The molecule has 4 rings (SSSR count). The molecule has 0 saturated carbocycles. The predicted octanol–water partition coefficient (Wildman–Crippen LogP) is 5.28. The molecule has 2 amide bonds. The Morgan fingerprint density at radius 1 is 1.03 bits per heavy atom. The van der Waals surface area contributed by atoms with Crippen molar-refractivity contribution in [3.63, 3.8) is 0 Å². The van der Waals surface area contributed by atoms with E-state index < -0.39 is 17.1 Å². The van der Waals surface area contributed by atoms with E-state index in [1.165, 1.54) is 19.2 Å². The van der Waals surface area contributed by atoms with Crippen molar-refractivity contribution in [3.05, 3.63) is 88.2 Å². The Bertz CT molecular complexity index is 1270. The number of carbonyl (C=O) groups excluding carboxylic acids is 3. The Hall–Kier alpha value is -3.98. The second kappa shape index (κ2) is 11.0. The van der Waals surface area contributed by atoms with Gasteiger partial charge in [-0.15, -0.1) is 0 Å². The molecule has 0 spiro atoms. The molecule has 1 aromatic heterocycles. The molecule has 0 unspecified atom stereocenters. The Morgan fingerprint density at radius 3 is 2.57 bits per heavy atom. The van der Waals surface area contributed by atoms with E-state index in [-0.39, 0.29) is 17.2 Å². The number of imide groups is 1. The third kappa shape index (κ3) is 5.75. The highest BCUT2D eigenvalue weighted by Crippen LogP contribution is 2.35. The van der Waals surface area contributed by atoms with Crippen LogP contribution in [-0.4, -0.2) is 35.7 Å². The number of nitrogens with zero attached hydrogens (tertiary/aromatic N) is 1. The van der Waals surface area contributed by atoms with Crippen molar-refractivity contribution in [2.24, 2.45) is 0 Å². The second-order valence-corrected chi connectivity index (χ2v) is 8.43. The normalized spacial score (nSPS) is 14.5. The molecular formula is C26H23NO7S. The van der Waals surface area contributed by atoms with Gasteiger partial charge in [-0.3, -0.25) is 14.5 Å². The van der Waals surface area contributed by atoms with E-state index in [0.717, 1.165) is 22.2 Å². The van der Waals surface area contributed by atoms with Gasteiger partial charge in [0.1, 0.15) is 12.4 Å². The minimum Gasteiger partial charge on any atom is -0.490 e. The van der Waals surface area contributed by atoms with Crippen LogP contribution in [0.4, 0.5) is 4.79 Å². The molecule has 1 aliphatic heterocycles. The number of ether oxygens (including phenoxy) is 3. The number of rotatable bonds is 9. The number of amides is 2. The summed E-state index contributed by atoms with van der Waals surface area (Å²) in [6.07, 6.45) is 1.64. The van der Waals surface area contributed by atoms with E-state index >= 15 is 0 Å². The van der Waals surface area contributed by atoms with Crippen LogP contribution in [0.3, 0.4) is 0 Å². The summed E-state index contributed by atoms with van der Waals surface area (Å²) in [5.41, 5.74) is 1.72. The molecule has 0 atom stereocenters. The molecule has 2 aromatic carbocycles. The maximum Gasteiger partial charge on any atom is 0.373 e. The molecule has 0 radical (unpaired) electrons. The maximum absolute atomic E-state index is 12.9. The Labute approximate surface area is 206 Å². The summed E-state index contributed by atoms with van der Waals surface area (Å²) >= 11 is 0.838. The van der Waals surface area contributed by atoms with E-state index in [0.29, 0.717) is 36.0 Å². The molecular weight excluding hydrogens is 470 g/mol. The molecule has 0 N–H and O–H groups in total. The second-order valence-electron chi connectivity index (χ2n) is 7.44. The van der Waals surface area contributed by atoms with Gasteiger partial charge in [-0.25, -0.2) is 4.79 Å². The van der Waals surface area contributed by atoms with Crippen molar-refractivity contribution >= 4 is 35.0 Å². The van der Waals surface area contributed by atoms with Crippen LogP contribution in [0.5, 0.6) is 11.5 Å². The summed E-state index contributed by atoms with van der Waals surface area (Å²) < 4.78 is 21.6. The third-order valence-electron chi connectivity index (χ3n) is 5.04. The lowest BCUT2D eigenvalue weighted by Gasteiger charge is -2.13. The van der Waals surface area contributed by atoms with E-state index in [9.17, 15) is 14.4 Å². The molecule has 9 heteroatoms. The number of thioether (sulfide) groups is 1. The molecule has 1 aliphatic rings. The van der Waals surface area contributed by atoms with E-state index in [2.05, 4.69) is 4.74 Å². The first-order chi connectivity index (χ1) is 17.0. The number of furan rings is 1. The van der Waals surface area contributed by atoms with Crippen molar-refractivity contribution in [1.82, 2.24) is 4.90 Å². The average molecular weight is 494 g/mol. The van der Waals surface area contributed by atoms with Gasteiger partial charge < -0.3 is 18.6 Å². The van der Waals surface area contributed by atoms with Gasteiger partial charge in [0.15, 0.2) is 11.5 Å². The zero-order valence-corrected chi connectivity index (χ0v) is 20.0. The SMILES string of the molecule is CCOc1cc(/C=C2/SC(=O)N(Cc3ccc(C(=O)OC)o3)C2=O)ccc1OCc1ccccc1. The summed E-state index contributed by atoms with van der Waals surface area (Å²) in [6.45, 7) is 2.62. The molecule has 1 saturated heterocycles. The zero-order valence-electron chi connectivity index (χ0n) is 19.2. The van der Waals surface area contributed by atoms with Crippen LogP contribution in [-0.2, 0) is 22.7 Å². The fraction of sp³-hybridized carbons (Fsp3) is 0.192. The van der Waals surface area contributed by atoms with E-state index in [1.807, 2.05) is 37.3 Å². The largest absolute Gasteiger partial charge is 0.490 e. The number of methoxy groups -OCH3 is 1. The Kier molecular flexibility index (Phi) is 7.57. The smallest absolute Gasteiger partial charge is 0.373 e. The lowest BCUT2D eigenvalue weighted by Crippen LogP contribution is -2.27. The first-order valence-corrected chi connectivity index (χ1v) is 11.7. The first kappa shape index (κ1) is 24.2. The molecule has 0 bridgehead atoms. The van der Waals surface area contributed by atoms with Gasteiger partial charge in [-0.05, 0) is 60.2 Å². The van der Waals surface area contributed by atoms with Crippen LogP contribution in [0, 0.1) is 0 Å². The highest BCUT2D eigenvalue weighted by Gasteiger charge is 2.35. The highest BCUT2D eigenvalue weighted by atomic mass is 32.2. The fourth-order valence-electron chi connectivity index (χ4n) is 3.35. The Balaban J connectivity index is 1.48. The van der Waals surface area contributed by atoms with Crippen LogP contribution < -0.4 is 9.47 Å². The summed E-state index contributed by atoms with van der Waals surface area (Å²) in [7, 11) is 1.24. The third-order valence-corrected chi connectivity index (χ3v) is 5.95. The number of benzene rings is 2. The minimum atomic E-state index is -0.633. The number of hydrogen-bond acceptors (Lipinski definition) is 8. The van der Waals surface area contributed by atoms with Gasteiger partial charge in [-0.1, -0.05) is 36.4 Å². The summed E-state index contributed by atoms with van der Waals surface area (Å²) in [5, 5.41) is -0.426. The predicted molar refractivity (Wildman–Crippen MR) is 130 cm³/mol. The lowest BCUT2D eigenvalue weighted by atomic mass is 10.1. The molecule has 180 valence electrons. The molecule has 8 nitrogen and oxygen atoms in total. The standard InChI is InChI=1S/C26H23NO7S/c1-3-32-22-13-18(9-11-20(22)33-16-17-7-5-4-6-8-17)14-23-24(28)27(26(30)35-23)15-19-10-12-21(34-19)25(29)31-2/h4-14H,3,15-16H2,1-2H3/b23-14+. The van der Waals surface area contributed by atoms with E-state index in [4.69, 9.17) is 13.9 Å². The van der Waals surface area contributed by atoms with Crippen LogP contribution in [0.1, 0.15) is 34.4 Å². The number of carbonyl (C=O) groups is 3.